The highest BCUT2D eigenvalue weighted by Gasteiger charge is 2.43. The standard InChI is InChI=1S/C15H28BrNO4/c1-5-6-7-8-9-10-13(18)15(21-16,11-14(19)20)12-17(2,3)4/h5-12H2,1-4H3. The second-order valence-electron chi connectivity index (χ2n) is 6.66. The maximum atomic E-state index is 12.5. The Bertz CT molecular complexity index is 341. The van der Waals surface area contributed by atoms with Crippen molar-refractivity contribution in [2.75, 3.05) is 27.7 Å². The predicted octanol–water partition coefficient (Wildman–Crippen LogP) is 1.83. The number of halogens is 1. The van der Waals surface area contributed by atoms with E-state index in [1.165, 1.54) is 0 Å². The van der Waals surface area contributed by atoms with Gasteiger partial charge in [0.25, 0.3) is 0 Å². The zero-order chi connectivity index (χ0) is 16.5. The number of hydrogen-bond acceptors (Lipinski definition) is 4. The number of carboxylic acids is 1. The molecule has 0 aromatic rings. The van der Waals surface area contributed by atoms with Crippen molar-refractivity contribution in [2.24, 2.45) is 0 Å². The van der Waals surface area contributed by atoms with E-state index in [4.69, 9.17) is 3.83 Å². The maximum absolute atomic E-state index is 12.5. The summed E-state index contributed by atoms with van der Waals surface area (Å²) in [5.74, 6) is -1.45. The molecule has 0 saturated heterocycles. The predicted molar refractivity (Wildman–Crippen MR) is 83.6 cm³/mol. The Morgan fingerprint density at radius 1 is 1.14 bits per heavy atom. The van der Waals surface area contributed by atoms with E-state index in [9.17, 15) is 14.7 Å². The fourth-order valence-electron chi connectivity index (χ4n) is 2.45. The van der Waals surface area contributed by atoms with Crippen LogP contribution in [0.3, 0.4) is 0 Å². The van der Waals surface area contributed by atoms with E-state index in [0.29, 0.717) is 10.9 Å². The summed E-state index contributed by atoms with van der Waals surface area (Å²) < 4.78 is 5.62. The van der Waals surface area contributed by atoms with Crippen molar-refractivity contribution in [2.45, 2.75) is 57.5 Å². The Morgan fingerprint density at radius 3 is 2.14 bits per heavy atom. The van der Waals surface area contributed by atoms with Crippen molar-refractivity contribution in [3.8, 4) is 0 Å². The first-order valence-electron chi connectivity index (χ1n) is 7.50. The molecule has 0 amide bonds. The lowest BCUT2D eigenvalue weighted by Gasteiger charge is -2.36. The van der Waals surface area contributed by atoms with Gasteiger partial charge >= 0.3 is 0 Å². The third kappa shape index (κ3) is 8.53. The van der Waals surface area contributed by atoms with Gasteiger partial charge in [-0.3, -0.25) is 8.62 Å². The highest BCUT2D eigenvalue weighted by molar-refractivity contribution is 9.06. The average molecular weight is 366 g/mol. The van der Waals surface area contributed by atoms with Crippen LogP contribution in [0.2, 0.25) is 0 Å². The third-order valence-electron chi connectivity index (χ3n) is 3.32. The second-order valence-corrected chi connectivity index (χ2v) is 6.98. The molecule has 0 aliphatic rings. The van der Waals surface area contributed by atoms with Crippen LogP contribution in [0, 0.1) is 0 Å². The number of nitrogens with zero attached hydrogens (tertiary/aromatic N) is 1. The van der Waals surface area contributed by atoms with Crippen LogP contribution in [0.5, 0.6) is 0 Å². The monoisotopic (exact) mass is 365 g/mol. The summed E-state index contributed by atoms with van der Waals surface area (Å²) in [6.07, 6.45) is 5.06. The van der Waals surface area contributed by atoms with Crippen LogP contribution in [0.1, 0.15) is 51.9 Å². The van der Waals surface area contributed by atoms with Crippen molar-refractivity contribution >= 4 is 28.0 Å². The van der Waals surface area contributed by atoms with Gasteiger partial charge in [0.05, 0.1) is 21.1 Å². The number of Topliss-reactive ketones (excluding diaryl/α,β-unsaturated/α-hetero) is 1. The summed E-state index contributed by atoms with van der Waals surface area (Å²) in [4.78, 5) is 23.5. The highest BCUT2D eigenvalue weighted by Crippen LogP contribution is 2.26. The smallest absolute Gasteiger partial charge is 0.194 e. The van der Waals surface area contributed by atoms with Gasteiger partial charge in [0.15, 0.2) is 11.4 Å². The molecule has 0 radical (unpaired) electrons. The third-order valence-corrected chi connectivity index (χ3v) is 3.94. The van der Waals surface area contributed by atoms with Crippen LogP contribution in [-0.2, 0) is 13.4 Å². The summed E-state index contributed by atoms with van der Waals surface area (Å²) in [6.45, 7) is 2.41. The van der Waals surface area contributed by atoms with E-state index in [2.05, 4.69) is 23.2 Å². The molecule has 124 valence electrons. The van der Waals surface area contributed by atoms with Crippen molar-refractivity contribution in [3.05, 3.63) is 0 Å². The van der Waals surface area contributed by atoms with E-state index in [1.807, 2.05) is 21.1 Å². The number of rotatable bonds is 12. The van der Waals surface area contributed by atoms with E-state index < -0.39 is 18.0 Å². The lowest BCUT2D eigenvalue weighted by atomic mass is 9.89. The van der Waals surface area contributed by atoms with E-state index in [0.717, 1.165) is 32.1 Å². The molecule has 0 aromatic carbocycles. The molecule has 0 aliphatic carbocycles. The number of hydrogen-bond donors (Lipinski definition) is 0. The lowest BCUT2D eigenvalue weighted by molar-refractivity contribution is -0.875. The molecule has 0 bridgehead atoms. The molecular weight excluding hydrogens is 338 g/mol. The summed E-state index contributed by atoms with van der Waals surface area (Å²) in [5, 5.41) is 11.0. The number of carbonyl (C=O) groups is 2. The summed E-state index contributed by atoms with van der Waals surface area (Å²) in [5.41, 5.74) is -1.36. The normalized spacial score (nSPS) is 14.7. The Hall–Kier alpha value is -0.460. The number of carboxylic acid groups (broad SMARTS) is 1. The molecule has 0 heterocycles. The van der Waals surface area contributed by atoms with Gasteiger partial charge < -0.3 is 14.4 Å². The number of unbranched alkanes of at least 4 members (excludes halogenated alkanes) is 4. The molecule has 0 spiro atoms. The lowest BCUT2D eigenvalue weighted by Crippen LogP contribution is -2.56. The quantitative estimate of drug-likeness (QED) is 0.390. The van der Waals surface area contributed by atoms with E-state index in [-0.39, 0.29) is 12.3 Å². The van der Waals surface area contributed by atoms with Crippen molar-refractivity contribution in [1.29, 1.82) is 0 Å². The number of aliphatic carboxylic acids is 1. The topological polar surface area (TPSA) is 66.4 Å². The van der Waals surface area contributed by atoms with Crippen LogP contribution in [0.25, 0.3) is 0 Å². The molecule has 1 atom stereocenters. The molecule has 0 aromatic heterocycles. The van der Waals surface area contributed by atoms with Crippen LogP contribution in [-0.4, -0.2) is 49.5 Å². The fourth-order valence-corrected chi connectivity index (χ4v) is 2.85. The van der Waals surface area contributed by atoms with Gasteiger partial charge in [-0.15, -0.1) is 0 Å². The number of carbonyl (C=O) groups excluding carboxylic acids is 2. The minimum absolute atomic E-state index is 0.173. The zero-order valence-corrected chi connectivity index (χ0v) is 15.2. The zero-order valence-electron chi connectivity index (χ0n) is 13.6. The van der Waals surface area contributed by atoms with Gasteiger partial charge in [0.1, 0.15) is 22.8 Å². The second kappa shape index (κ2) is 9.54. The van der Waals surface area contributed by atoms with Gasteiger partial charge in [-0.25, -0.2) is 0 Å². The van der Waals surface area contributed by atoms with Gasteiger partial charge in [-0.2, -0.15) is 0 Å². The Balaban J connectivity index is 4.77. The first kappa shape index (κ1) is 20.5. The molecule has 1 unspecified atom stereocenters. The van der Waals surface area contributed by atoms with Gasteiger partial charge in [-0.05, 0) is 6.42 Å². The Kier molecular flexibility index (Phi) is 9.33. The minimum atomic E-state index is -1.36. The van der Waals surface area contributed by atoms with Crippen LogP contribution in [0.15, 0.2) is 0 Å². The summed E-state index contributed by atoms with van der Waals surface area (Å²) in [7, 11) is 5.68. The van der Waals surface area contributed by atoms with Crippen LogP contribution < -0.4 is 5.11 Å². The highest BCUT2D eigenvalue weighted by atomic mass is 79.9. The molecular formula is C15H28BrNO4. The Labute approximate surface area is 136 Å². The SMILES string of the molecule is CCCCCCCC(=O)C(CC(=O)[O-])(C[N+](C)(C)C)OBr. The average Bonchev–Trinajstić information content (AvgIpc) is 2.35. The molecule has 0 saturated carbocycles. The molecule has 21 heavy (non-hydrogen) atoms. The molecule has 6 heteroatoms. The van der Waals surface area contributed by atoms with Crippen LogP contribution >= 0.6 is 16.3 Å². The number of likely N-dealkylation sites (N-methyl/N-ethyl adjacent to an activating group) is 1. The molecule has 0 N–H and O–H groups in total. The summed E-state index contributed by atoms with van der Waals surface area (Å²) in [6, 6.07) is 0. The van der Waals surface area contributed by atoms with Crippen molar-refractivity contribution in [1.82, 2.24) is 0 Å². The minimum Gasteiger partial charge on any atom is -0.550 e. The molecule has 0 aliphatic heterocycles. The van der Waals surface area contributed by atoms with E-state index >= 15 is 0 Å². The summed E-state index contributed by atoms with van der Waals surface area (Å²) >= 11 is 2.87. The largest absolute Gasteiger partial charge is 0.550 e. The molecule has 5 nitrogen and oxygen atoms in total. The van der Waals surface area contributed by atoms with E-state index in [1.54, 1.807) is 0 Å². The number of quaternary nitrogens is 1. The van der Waals surface area contributed by atoms with Gasteiger partial charge in [-0.1, -0.05) is 32.6 Å². The van der Waals surface area contributed by atoms with Gasteiger partial charge in [0.2, 0.25) is 0 Å². The fraction of sp³-hybridized carbons (Fsp3) is 0.867. The number of ketones is 1. The first-order valence-corrected chi connectivity index (χ1v) is 8.15. The van der Waals surface area contributed by atoms with Crippen molar-refractivity contribution in [3.63, 3.8) is 0 Å². The maximum Gasteiger partial charge on any atom is 0.194 e. The van der Waals surface area contributed by atoms with Crippen LogP contribution in [0.4, 0.5) is 0 Å². The Morgan fingerprint density at radius 2 is 1.71 bits per heavy atom. The molecule has 0 fully saturated rings. The molecule has 0 rings (SSSR count). The van der Waals surface area contributed by atoms with Crippen molar-refractivity contribution < 1.29 is 23.0 Å². The van der Waals surface area contributed by atoms with Gasteiger partial charge in [0, 0.05) is 18.8 Å². The first-order chi connectivity index (χ1) is 9.67.